The molecule has 2 heteroatoms. The summed E-state index contributed by atoms with van der Waals surface area (Å²) in [6.45, 7) is 6.31. The van der Waals surface area contributed by atoms with Crippen molar-refractivity contribution < 1.29 is 4.79 Å². The second-order valence-electron chi connectivity index (χ2n) is 3.23. The minimum atomic E-state index is 0.0893. The van der Waals surface area contributed by atoms with Crippen LogP contribution in [0.5, 0.6) is 0 Å². The average molecular weight is 219 g/mol. The molecule has 0 saturated heterocycles. The molecule has 1 aromatic carbocycles. The van der Waals surface area contributed by atoms with E-state index in [9.17, 15) is 4.79 Å². The van der Waals surface area contributed by atoms with Crippen molar-refractivity contribution in [2.24, 2.45) is 0 Å². The van der Waals surface area contributed by atoms with Gasteiger partial charge in [0.2, 0.25) is 0 Å². The molecule has 0 unspecified atom stereocenters. The predicted octanol–water partition coefficient (Wildman–Crippen LogP) is 3.29. The summed E-state index contributed by atoms with van der Waals surface area (Å²) in [6, 6.07) is 10.1. The van der Waals surface area contributed by atoms with Gasteiger partial charge in [0.15, 0.2) is 5.78 Å². The van der Waals surface area contributed by atoms with Crippen LogP contribution in [0.15, 0.2) is 42.5 Å². The van der Waals surface area contributed by atoms with Gasteiger partial charge in [0.25, 0.3) is 0 Å². The van der Waals surface area contributed by atoms with Crippen molar-refractivity contribution in [3.05, 3.63) is 42.5 Å². The van der Waals surface area contributed by atoms with Crippen LogP contribution in [0.25, 0.3) is 0 Å². The first-order chi connectivity index (χ1) is 7.70. The van der Waals surface area contributed by atoms with E-state index in [4.69, 9.17) is 0 Å². The van der Waals surface area contributed by atoms with Crippen LogP contribution < -0.4 is 4.90 Å². The Bertz CT molecular complexity index is 317. The molecule has 0 aliphatic rings. The average Bonchev–Trinajstić information content (AvgIpc) is 2.32. The quantitative estimate of drug-likeness (QED) is 0.724. The van der Waals surface area contributed by atoms with Gasteiger partial charge in [0, 0.05) is 19.3 Å². The monoisotopic (exact) mass is 219 g/mol. The minimum absolute atomic E-state index is 0.0893. The number of nitrogens with zero attached hydrogens (tertiary/aromatic N) is 1. The summed E-state index contributed by atoms with van der Waals surface area (Å²) in [5.74, 6) is 0.0893. The lowest BCUT2D eigenvalue weighted by molar-refractivity contribution is -0.112. The zero-order valence-electron chi connectivity index (χ0n) is 10.6. The number of carbonyl (C=O) groups excluding carboxylic acids is 1. The molecule has 0 heterocycles. The van der Waals surface area contributed by atoms with Crippen molar-refractivity contribution in [2.45, 2.75) is 20.8 Å². The highest BCUT2D eigenvalue weighted by Crippen LogP contribution is 2.10. The summed E-state index contributed by atoms with van der Waals surface area (Å²) in [7, 11) is 2.00. The van der Waals surface area contributed by atoms with Crippen LogP contribution in [0.3, 0.4) is 0 Å². The largest absolute Gasteiger partial charge is 0.371 e. The van der Waals surface area contributed by atoms with Crippen LogP contribution in [0.4, 0.5) is 5.69 Å². The van der Waals surface area contributed by atoms with E-state index in [1.165, 1.54) is 0 Å². The maximum Gasteiger partial charge on any atom is 0.152 e. The van der Waals surface area contributed by atoms with E-state index < -0.39 is 0 Å². The standard InChI is InChI=1S/C12H15NO.C2H6/c1-11(14)7-6-10-13(2)12-8-4-3-5-9-12;1-2/h3-9H,10H2,1-2H3;1-2H3/b7-6+;. The van der Waals surface area contributed by atoms with Gasteiger partial charge in [-0.1, -0.05) is 38.1 Å². The van der Waals surface area contributed by atoms with Crippen LogP contribution in [0.1, 0.15) is 20.8 Å². The Hall–Kier alpha value is -1.57. The number of para-hydroxylation sites is 1. The highest BCUT2D eigenvalue weighted by Gasteiger charge is 1.95. The summed E-state index contributed by atoms with van der Waals surface area (Å²) in [5, 5.41) is 0. The lowest BCUT2D eigenvalue weighted by atomic mass is 10.3. The SMILES string of the molecule is CC.CC(=O)/C=C/CN(C)c1ccccc1. The molecular formula is C14H21NO. The molecule has 0 saturated carbocycles. The van der Waals surface area contributed by atoms with E-state index in [1.807, 2.05) is 57.3 Å². The summed E-state index contributed by atoms with van der Waals surface area (Å²) in [5.41, 5.74) is 1.15. The number of benzene rings is 1. The van der Waals surface area contributed by atoms with E-state index in [0.717, 1.165) is 12.2 Å². The first-order valence-corrected chi connectivity index (χ1v) is 5.63. The molecule has 0 fully saturated rings. The fraction of sp³-hybridized carbons (Fsp3) is 0.357. The van der Waals surface area contributed by atoms with Crippen molar-refractivity contribution in [3.63, 3.8) is 0 Å². The molecule has 1 rings (SSSR count). The minimum Gasteiger partial charge on any atom is -0.371 e. The van der Waals surface area contributed by atoms with Gasteiger partial charge in [-0.15, -0.1) is 0 Å². The van der Waals surface area contributed by atoms with Crippen LogP contribution in [0, 0.1) is 0 Å². The lowest BCUT2D eigenvalue weighted by Gasteiger charge is -2.16. The Morgan fingerprint density at radius 2 is 1.81 bits per heavy atom. The third kappa shape index (κ3) is 6.02. The Morgan fingerprint density at radius 1 is 1.25 bits per heavy atom. The molecule has 0 aromatic heterocycles. The van der Waals surface area contributed by atoms with Gasteiger partial charge in [0.05, 0.1) is 0 Å². The summed E-state index contributed by atoms with van der Waals surface area (Å²) in [4.78, 5) is 12.7. The number of anilines is 1. The number of ketones is 1. The maximum absolute atomic E-state index is 10.7. The van der Waals surface area contributed by atoms with E-state index in [1.54, 1.807) is 13.0 Å². The molecular weight excluding hydrogens is 198 g/mol. The van der Waals surface area contributed by atoms with Crippen molar-refractivity contribution in [3.8, 4) is 0 Å². The number of hydrogen-bond acceptors (Lipinski definition) is 2. The van der Waals surface area contributed by atoms with Crippen LogP contribution in [-0.4, -0.2) is 19.4 Å². The Morgan fingerprint density at radius 3 is 2.31 bits per heavy atom. The number of rotatable bonds is 4. The Balaban J connectivity index is 0.00000106. The van der Waals surface area contributed by atoms with Gasteiger partial charge >= 0.3 is 0 Å². The second kappa shape index (κ2) is 8.72. The first kappa shape index (κ1) is 14.4. The maximum atomic E-state index is 10.7. The van der Waals surface area contributed by atoms with Crippen molar-refractivity contribution in [1.29, 1.82) is 0 Å². The zero-order chi connectivity index (χ0) is 12.4. The molecule has 0 atom stereocenters. The van der Waals surface area contributed by atoms with Crippen molar-refractivity contribution in [2.75, 3.05) is 18.5 Å². The van der Waals surface area contributed by atoms with Gasteiger partial charge in [-0.3, -0.25) is 4.79 Å². The lowest BCUT2D eigenvalue weighted by Crippen LogP contribution is -2.16. The van der Waals surface area contributed by atoms with E-state index in [0.29, 0.717) is 0 Å². The fourth-order valence-corrected chi connectivity index (χ4v) is 1.16. The van der Waals surface area contributed by atoms with Gasteiger partial charge in [0.1, 0.15) is 0 Å². The van der Waals surface area contributed by atoms with E-state index in [2.05, 4.69) is 4.90 Å². The molecule has 0 bridgehead atoms. The van der Waals surface area contributed by atoms with Crippen LogP contribution in [-0.2, 0) is 4.79 Å². The van der Waals surface area contributed by atoms with Gasteiger partial charge in [-0.05, 0) is 25.1 Å². The molecule has 2 nitrogen and oxygen atoms in total. The first-order valence-electron chi connectivity index (χ1n) is 5.63. The normalized spacial score (nSPS) is 9.50. The van der Waals surface area contributed by atoms with Crippen molar-refractivity contribution >= 4 is 11.5 Å². The van der Waals surface area contributed by atoms with Crippen LogP contribution in [0.2, 0.25) is 0 Å². The molecule has 0 radical (unpaired) electrons. The number of allylic oxidation sites excluding steroid dienone is 1. The second-order valence-corrected chi connectivity index (χ2v) is 3.23. The highest BCUT2D eigenvalue weighted by atomic mass is 16.1. The molecule has 16 heavy (non-hydrogen) atoms. The van der Waals surface area contributed by atoms with Crippen LogP contribution >= 0.6 is 0 Å². The van der Waals surface area contributed by atoms with E-state index in [-0.39, 0.29) is 5.78 Å². The molecule has 0 aliphatic heterocycles. The van der Waals surface area contributed by atoms with Crippen molar-refractivity contribution in [1.82, 2.24) is 0 Å². The zero-order valence-corrected chi connectivity index (χ0v) is 10.6. The number of hydrogen-bond donors (Lipinski definition) is 0. The number of likely N-dealkylation sites (N-methyl/N-ethyl adjacent to an activating group) is 1. The molecule has 0 amide bonds. The highest BCUT2D eigenvalue weighted by molar-refractivity contribution is 5.87. The predicted molar refractivity (Wildman–Crippen MR) is 70.9 cm³/mol. The Kier molecular flexibility index (Phi) is 7.86. The molecule has 88 valence electrons. The third-order valence-electron chi connectivity index (χ3n) is 1.93. The number of carbonyl (C=O) groups is 1. The fourth-order valence-electron chi connectivity index (χ4n) is 1.16. The molecule has 0 N–H and O–H groups in total. The smallest absolute Gasteiger partial charge is 0.152 e. The van der Waals surface area contributed by atoms with Gasteiger partial charge in [-0.25, -0.2) is 0 Å². The topological polar surface area (TPSA) is 20.3 Å². The molecule has 1 aromatic rings. The third-order valence-corrected chi connectivity index (χ3v) is 1.93. The summed E-state index contributed by atoms with van der Waals surface area (Å²) in [6.07, 6.45) is 3.47. The van der Waals surface area contributed by atoms with Gasteiger partial charge < -0.3 is 4.90 Å². The summed E-state index contributed by atoms with van der Waals surface area (Å²) >= 11 is 0. The Labute approximate surface area is 98.6 Å². The summed E-state index contributed by atoms with van der Waals surface area (Å²) < 4.78 is 0. The van der Waals surface area contributed by atoms with E-state index >= 15 is 0 Å². The molecule has 0 spiro atoms. The molecule has 0 aliphatic carbocycles. The van der Waals surface area contributed by atoms with Gasteiger partial charge in [-0.2, -0.15) is 0 Å².